The van der Waals surface area contributed by atoms with E-state index >= 15 is 0 Å². The summed E-state index contributed by atoms with van der Waals surface area (Å²) in [6.45, 7) is 0.643. The van der Waals surface area contributed by atoms with E-state index < -0.39 is 5.82 Å². The Morgan fingerprint density at radius 2 is 1.89 bits per heavy atom. The van der Waals surface area contributed by atoms with Gasteiger partial charge in [-0.15, -0.1) is 0 Å². The Hall–Kier alpha value is -1.81. The first-order valence-electron chi connectivity index (χ1n) is 5.87. The summed E-state index contributed by atoms with van der Waals surface area (Å²) in [5.41, 5.74) is 8.53. The average Bonchev–Trinajstić information content (AvgIpc) is 2.76. The standard InChI is InChI=1S/C14H11ClF2N2/c15-10-6-12(18)14(7-11(10)17)19-4-3-8-1-2-9(16)5-13(8)19/h1-2,5-7H,3-4,18H2. The Bertz CT molecular complexity index is 658. The third kappa shape index (κ3) is 2.02. The number of nitrogens with zero attached hydrogens (tertiary/aromatic N) is 1. The molecule has 0 aromatic heterocycles. The maximum atomic E-state index is 13.6. The molecule has 2 N–H and O–H groups in total. The second-order valence-electron chi connectivity index (χ2n) is 4.50. The SMILES string of the molecule is Nc1cc(Cl)c(F)cc1N1CCc2ccc(F)cc21. The van der Waals surface area contributed by atoms with Gasteiger partial charge in [0.25, 0.3) is 0 Å². The molecule has 1 heterocycles. The molecule has 0 atom stereocenters. The highest BCUT2D eigenvalue weighted by Crippen LogP contribution is 2.39. The fourth-order valence-corrected chi connectivity index (χ4v) is 2.56. The van der Waals surface area contributed by atoms with Gasteiger partial charge in [-0.3, -0.25) is 0 Å². The lowest BCUT2D eigenvalue weighted by Crippen LogP contribution is -2.15. The minimum Gasteiger partial charge on any atom is -0.397 e. The maximum absolute atomic E-state index is 13.6. The van der Waals surface area contributed by atoms with Crippen LogP contribution in [0.25, 0.3) is 0 Å². The number of nitrogens with two attached hydrogens (primary N) is 1. The molecule has 2 aromatic carbocycles. The number of fused-ring (bicyclic) bond motifs is 1. The largest absolute Gasteiger partial charge is 0.397 e. The third-order valence-corrected chi connectivity index (χ3v) is 3.59. The number of halogens is 3. The zero-order chi connectivity index (χ0) is 13.6. The van der Waals surface area contributed by atoms with Gasteiger partial charge in [0.15, 0.2) is 0 Å². The van der Waals surface area contributed by atoms with Crippen LogP contribution in [0.4, 0.5) is 25.8 Å². The molecule has 0 unspecified atom stereocenters. The van der Waals surface area contributed by atoms with E-state index in [-0.39, 0.29) is 10.8 Å². The number of anilines is 3. The molecule has 0 fully saturated rings. The van der Waals surface area contributed by atoms with Gasteiger partial charge in [0.2, 0.25) is 0 Å². The van der Waals surface area contributed by atoms with Crippen molar-refractivity contribution in [2.24, 2.45) is 0 Å². The van der Waals surface area contributed by atoms with Gasteiger partial charge in [-0.1, -0.05) is 17.7 Å². The van der Waals surface area contributed by atoms with E-state index in [2.05, 4.69) is 0 Å². The molecule has 3 rings (SSSR count). The lowest BCUT2D eigenvalue weighted by molar-refractivity contribution is 0.627. The van der Waals surface area contributed by atoms with Gasteiger partial charge in [0.1, 0.15) is 11.6 Å². The van der Waals surface area contributed by atoms with Crippen LogP contribution in [0.2, 0.25) is 5.02 Å². The molecule has 98 valence electrons. The summed E-state index contributed by atoms with van der Waals surface area (Å²) in [5.74, 6) is -0.852. The Labute approximate surface area is 114 Å². The molecule has 0 bridgehead atoms. The van der Waals surface area contributed by atoms with Crippen molar-refractivity contribution in [2.45, 2.75) is 6.42 Å². The van der Waals surface area contributed by atoms with Gasteiger partial charge in [0.05, 0.1) is 16.4 Å². The third-order valence-electron chi connectivity index (χ3n) is 3.30. The van der Waals surface area contributed by atoms with Crippen LogP contribution in [-0.4, -0.2) is 6.54 Å². The molecule has 0 spiro atoms. The van der Waals surface area contributed by atoms with Gasteiger partial charge >= 0.3 is 0 Å². The van der Waals surface area contributed by atoms with Crippen LogP contribution in [0.15, 0.2) is 30.3 Å². The first-order valence-corrected chi connectivity index (χ1v) is 6.24. The quantitative estimate of drug-likeness (QED) is 0.803. The van der Waals surface area contributed by atoms with Gasteiger partial charge < -0.3 is 10.6 Å². The molecule has 19 heavy (non-hydrogen) atoms. The van der Waals surface area contributed by atoms with Crippen molar-refractivity contribution in [2.75, 3.05) is 17.2 Å². The molecule has 1 aliphatic heterocycles. The Morgan fingerprint density at radius 3 is 2.68 bits per heavy atom. The fraction of sp³-hybridized carbons (Fsp3) is 0.143. The van der Waals surface area contributed by atoms with Crippen LogP contribution in [0.5, 0.6) is 0 Å². The second kappa shape index (κ2) is 4.38. The number of hydrogen-bond donors (Lipinski definition) is 1. The predicted molar refractivity (Wildman–Crippen MR) is 72.9 cm³/mol. The van der Waals surface area contributed by atoms with Crippen molar-refractivity contribution in [3.63, 3.8) is 0 Å². The van der Waals surface area contributed by atoms with Crippen LogP contribution in [-0.2, 0) is 6.42 Å². The summed E-state index contributed by atoms with van der Waals surface area (Å²) in [7, 11) is 0. The normalized spacial score (nSPS) is 13.7. The van der Waals surface area contributed by atoms with E-state index in [1.165, 1.54) is 24.3 Å². The van der Waals surface area contributed by atoms with Crippen LogP contribution in [0.1, 0.15) is 5.56 Å². The monoisotopic (exact) mass is 280 g/mol. The smallest absolute Gasteiger partial charge is 0.144 e. The summed E-state index contributed by atoms with van der Waals surface area (Å²) in [5, 5.41) is -0.0140. The summed E-state index contributed by atoms with van der Waals surface area (Å²) >= 11 is 5.68. The Kier molecular flexibility index (Phi) is 2.82. The van der Waals surface area contributed by atoms with Crippen molar-refractivity contribution < 1.29 is 8.78 Å². The minimum atomic E-state index is -0.532. The number of hydrogen-bond acceptors (Lipinski definition) is 2. The highest BCUT2D eigenvalue weighted by molar-refractivity contribution is 6.31. The molecule has 0 saturated carbocycles. The van der Waals surface area contributed by atoms with E-state index in [0.29, 0.717) is 17.9 Å². The van der Waals surface area contributed by atoms with Crippen molar-refractivity contribution in [3.8, 4) is 0 Å². The van der Waals surface area contributed by atoms with E-state index in [9.17, 15) is 8.78 Å². The van der Waals surface area contributed by atoms with E-state index in [4.69, 9.17) is 17.3 Å². The average molecular weight is 281 g/mol. The number of rotatable bonds is 1. The summed E-state index contributed by atoms with van der Waals surface area (Å²) in [6, 6.07) is 7.27. The topological polar surface area (TPSA) is 29.3 Å². The minimum absolute atomic E-state index is 0.0140. The van der Waals surface area contributed by atoms with E-state index in [0.717, 1.165) is 17.7 Å². The summed E-state index contributed by atoms with van der Waals surface area (Å²) in [6.07, 6.45) is 0.777. The van der Waals surface area contributed by atoms with Crippen LogP contribution in [0, 0.1) is 11.6 Å². The van der Waals surface area contributed by atoms with Gasteiger partial charge in [0, 0.05) is 18.3 Å². The van der Waals surface area contributed by atoms with Gasteiger partial charge in [-0.05, 0) is 30.2 Å². The van der Waals surface area contributed by atoms with Crippen LogP contribution >= 0.6 is 11.6 Å². The lowest BCUT2D eigenvalue weighted by atomic mass is 10.1. The molecule has 2 nitrogen and oxygen atoms in total. The second-order valence-corrected chi connectivity index (χ2v) is 4.91. The number of benzene rings is 2. The Balaban J connectivity index is 2.11. The van der Waals surface area contributed by atoms with E-state index in [1.807, 2.05) is 4.90 Å². The molecular weight excluding hydrogens is 270 g/mol. The van der Waals surface area contributed by atoms with Gasteiger partial charge in [-0.25, -0.2) is 8.78 Å². The first-order chi connectivity index (χ1) is 9.06. The molecule has 0 aliphatic carbocycles. The molecule has 2 aromatic rings. The maximum Gasteiger partial charge on any atom is 0.144 e. The molecule has 1 aliphatic rings. The van der Waals surface area contributed by atoms with Gasteiger partial charge in [-0.2, -0.15) is 0 Å². The van der Waals surface area contributed by atoms with Crippen molar-refractivity contribution in [1.82, 2.24) is 0 Å². The lowest BCUT2D eigenvalue weighted by Gasteiger charge is -2.21. The zero-order valence-corrected chi connectivity index (χ0v) is 10.7. The number of nitrogen functional groups attached to an aromatic ring is 1. The molecular formula is C14H11ClF2N2. The predicted octanol–water partition coefficient (Wildman–Crippen LogP) is 3.89. The summed E-state index contributed by atoms with van der Waals surface area (Å²) in [4.78, 5) is 1.81. The zero-order valence-electron chi connectivity index (χ0n) is 9.96. The van der Waals surface area contributed by atoms with Crippen molar-refractivity contribution in [1.29, 1.82) is 0 Å². The summed E-state index contributed by atoms with van der Waals surface area (Å²) < 4.78 is 26.9. The fourth-order valence-electron chi connectivity index (χ4n) is 2.39. The van der Waals surface area contributed by atoms with Crippen molar-refractivity contribution in [3.05, 3.63) is 52.6 Å². The van der Waals surface area contributed by atoms with E-state index in [1.54, 1.807) is 6.07 Å². The van der Waals surface area contributed by atoms with Crippen LogP contribution < -0.4 is 10.6 Å². The molecule has 0 saturated heterocycles. The Morgan fingerprint density at radius 1 is 1.11 bits per heavy atom. The molecule has 5 heteroatoms. The highest BCUT2D eigenvalue weighted by atomic mass is 35.5. The first kappa shape index (κ1) is 12.2. The van der Waals surface area contributed by atoms with Crippen molar-refractivity contribution >= 4 is 28.7 Å². The molecule has 0 amide bonds. The highest BCUT2D eigenvalue weighted by Gasteiger charge is 2.23. The van der Waals surface area contributed by atoms with Crippen LogP contribution in [0.3, 0.4) is 0 Å². The molecule has 0 radical (unpaired) electrons.